The second kappa shape index (κ2) is 6.81. The average molecular weight is 342 g/mol. The molecule has 0 radical (unpaired) electrons. The number of halogens is 1. The Morgan fingerprint density at radius 2 is 2.16 bits per heavy atom. The van der Waals surface area contributed by atoms with Gasteiger partial charge in [0.2, 0.25) is 5.95 Å². The molecular formula is C12H16BrN5S. The van der Waals surface area contributed by atoms with Gasteiger partial charge in [-0.2, -0.15) is 4.98 Å². The van der Waals surface area contributed by atoms with E-state index in [2.05, 4.69) is 48.4 Å². The maximum Gasteiger partial charge on any atom is 0.224 e. The van der Waals surface area contributed by atoms with Crippen molar-refractivity contribution in [1.29, 1.82) is 0 Å². The highest BCUT2D eigenvalue weighted by Gasteiger charge is 2.05. The fraction of sp³-hybridized carbons (Fsp3) is 0.417. The molecule has 0 saturated carbocycles. The minimum atomic E-state index is 0.641. The van der Waals surface area contributed by atoms with Crippen LogP contribution < -0.4 is 10.6 Å². The van der Waals surface area contributed by atoms with Gasteiger partial charge in [-0.05, 0) is 29.3 Å². The van der Waals surface area contributed by atoms with Crippen molar-refractivity contribution < 1.29 is 0 Å². The molecule has 2 rings (SSSR count). The molecule has 0 spiro atoms. The van der Waals surface area contributed by atoms with Crippen molar-refractivity contribution in [1.82, 2.24) is 15.0 Å². The first-order valence-electron chi connectivity index (χ1n) is 6.10. The van der Waals surface area contributed by atoms with Crippen LogP contribution in [0.5, 0.6) is 0 Å². The summed E-state index contributed by atoms with van der Waals surface area (Å²) in [5, 5.41) is 9.56. The molecule has 102 valence electrons. The van der Waals surface area contributed by atoms with Gasteiger partial charge in [-0.3, -0.25) is 0 Å². The molecule has 0 bridgehead atoms. The van der Waals surface area contributed by atoms with Crippen LogP contribution >= 0.6 is 27.3 Å². The number of nitrogens with one attached hydrogen (secondary N) is 2. The summed E-state index contributed by atoms with van der Waals surface area (Å²) in [5.41, 5.74) is 1.02. The van der Waals surface area contributed by atoms with Gasteiger partial charge >= 0.3 is 0 Å². The lowest BCUT2D eigenvalue weighted by molar-refractivity contribution is 0.946. The third-order valence-electron chi connectivity index (χ3n) is 2.38. The Kier molecular flexibility index (Phi) is 5.09. The summed E-state index contributed by atoms with van der Waals surface area (Å²) in [6.07, 6.45) is 2.79. The predicted octanol–water partition coefficient (Wildman–Crippen LogP) is 3.44. The second-order valence-electron chi connectivity index (χ2n) is 4.03. The van der Waals surface area contributed by atoms with Crippen molar-refractivity contribution in [3.63, 3.8) is 0 Å². The lowest BCUT2D eigenvalue weighted by Crippen LogP contribution is -2.08. The average Bonchev–Trinajstić information content (AvgIpc) is 2.82. The number of rotatable bonds is 6. The Hall–Kier alpha value is -1.21. The molecule has 2 heterocycles. The Morgan fingerprint density at radius 1 is 1.32 bits per heavy atom. The summed E-state index contributed by atoms with van der Waals surface area (Å²) in [6.45, 7) is 5.64. The van der Waals surface area contributed by atoms with E-state index in [1.165, 1.54) is 0 Å². The van der Waals surface area contributed by atoms with Crippen LogP contribution in [0.25, 0.3) is 0 Å². The van der Waals surface area contributed by atoms with Crippen LogP contribution in [0.1, 0.15) is 24.0 Å². The molecule has 0 atom stereocenters. The summed E-state index contributed by atoms with van der Waals surface area (Å²) >= 11 is 5.09. The largest absolute Gasteiger partial charge is 0.363 e. The summed E-state index contributed by atoms with van der Waals surface area (Å²) in [4.78, 5) is 13.0. The fourth-order valence-electron chi connectivity index (χ4n) is 1.48. The highest BCUT2D eigenvalue weighted by Crippen LogP contribution is 2.21. The van der Waals surface area contributed by atoms with E-state index >= 15 is 0 Å². The van der Waals surface area contributed by atoms with Crippen molar-refractivity contribution in [2.45, 2.75) is 26.8 Å². The van der Waals surface area contributed by atoms with Crippen molar-refractivity contribution in [3.8, 4) is 0 Å². The third-order valence-corrected chi connectivity index (χ3v) is 3.78. The monoisotopic (exact) mass is 341 g/mol. The Morgan fingerprint density at radius 3 is 2.84 bits per heavy atom. The zero-order chi connectivity index (χ0) is 13.7. The van der Waals surface area contributed by atoms with Gasteiger partial charge in [0.1, 0.15) is 5.82 Å². The summed E-state index contributed by atoms with van der Waals surface area (Å²) in [7, 11) is 0. The highest BCUT2D eigenvalue weighted by atomic mass is 79.9. The Labute approximate surface area is 125 Å². The Bertz CT molecular complexity index is 543. The van der Waals surface area contributed by atoms with Crippen molar-refractivity contribution in [3.05, 3.63) is 26.8 Å². The van der Waals surface area contributed by atoms with Crippen LogP contribution in [0.15, 0.2) is 16.0 Å². The number of anilines is 2. The van der Waals surface area contributed by atoms with Gasteiger partial charge in [-0.1, -0.05) is 6.92 Å². The molecule has 5 nitrogen and oxygen atoms in total. The predicted molar refractivity (Wildman–Crippen MR) is 82.7 cm³/mol. The molecular weight excluding hydrogens is 326 g/mol. The highest BCUT2D eigenvalue weighted by molar-refractivity contribution is 9.10. The Balaban J connectivity index is 2.02. The SMILES string of the molecule is CCCNc1ncc(Br)c(NCc2csc(C)n2)n1. The summed E-state index contributed by atoms with van der Waals surface area (Å²) < 4.78 is 0.849. The van der Waals surface area contributed by atoms with Crippen LogP contribution in [-0.4, -0.2) is 21.5 Å². The van der Waals surface area contributed by atoms with Gasteiger partial charge in [-0.25, -0.2) is 9.97 Å². The van der Waals surface area contributed by atoms with Crippen LogP contribution in [-0.2, 0) is 6.54 Å². The smallest absolute Gasteiger partial charge is 0.224 e. The van der Waals surface area contributed by atoms with E-state index in [1.54, 1.807) is 17.5 Å². The summed E-state index contributed by atoms with van der Waals surface area (Å²) in [6, 6.07) is 0. The second-order valence-corrected chi connectivity index (χ2v) is 5.94. The first kappa shape index (κ1) is 14.2. The van der Waals surface area contributed by atoms with Crippen molar-refractivity contribution >= 4 is 39.0 Å². The fourth-order valence-corrected chi connectivity index (χ4v) is 2.42. The van der Waals surface area contributed by atoms with E-state index in [0.717, 1.165) is 34.0 Å². The minimum absolute atomic E-state index is 0.641. The molecule has 0 aliphatic heterocycles. The molecule has 0 aliphatic carbocycles. The van der Waals surface area contributed by atoms with Gasteiger partial charge < -0.3 is 10.6 Å². The topological polar surface area (TPSA) is 62.7 Å². The lowest BCUT2D eigenvalue weighted by Gasteiger charge is -2.08. The van der Waals surface area contributed by atoms with Crippen LogP contribution in [0.4, 0.5) is 11.8 Å². The zero-order valence-electron chi connectivity index (χ0n) is 10.9. The van der Waals surface area contributed by atoms with Crippen LogP contribution in [0.2, 0.25) is 0 Å². The third kappa shape index (κ3) is 4.14. The van der Waals surface area contributed by atoms with Gasteiger partial charge in [0, 0.05) is 18.1 Å². The summed E-state index contributed by atoms with van der Waals surface area (Å²) in [5.74, 6) is 1.42. The molecule has 2 aromatic rings. The molecule has 0 amide bonds. The number of hydrogen-bond donors (Lipinski definition) is 2. The molecule has 0 unspecified atom stereocenters. The molecule has 19 heavy (non-hydrogen) atoms. The van der Waals surface area contributed by atoms with E-state index in [1.807, 2.05) is 12.3 Å². The first-order chi connectivity index (χ1) is 9.19. The number of aryl methyl sites for hydroxylation is 1. The first-order valence-corrected chi connectivity index (χ1v) is 7.77. The van der Waals surface area contributed by atoms with E-state index in [-0.39, 0.29) is 0 Å². The molecule has 2 N–H and O–H groups in total. The normalized spacial score (nSPS) is 10.5. The van der Waals surface area contributed by atoms with Gasteiger partial charge in [0.15, 0.2) is 0 Å². The van der Waals surface area contributed by atoms with E-state index in [9.17, 15) is 0 Å². The maximum atomic E-state index is 4.43. The van der Waals surface area contributed by atoms with Gasteiger partial charge in [0.05, 0.1) is 21.7 Å². The quantitative estimate of drug-likeness (QED) is 0.842. The molecule has 2 aromatic heterocycles. The standard InChI is InChI=1S/C12H16BrN5S/c1-3-4-14-12-16-6-10(13)11(18-12)15-5-9-7-19-8(2)17-9/h6-7H,3-5H2,1-2H3,(H2,14,15,16,18). The van der Waals surface area contributed by atoms with Crippen LogP contribution in [0.3, 0.4) is 0 Å². The van der Waals surface area contributed by atoms with Gasteiger partial charge in [0.25, 0.3) is 0 Å². The number of aromatic nitrogens is 3. The number of thiazole rings is 1. The van der Waals surface area contributed by atoms with Crippen LogP contribution in [0, 0.1) is 6.92 Å². The van der Waals surface area contributed by atoms with E-state index < -0.39 is 0 Å². The van der Waals surface area contributed by atoms with E-state index in [4.69, 9.17) is 0 Å². The zero-order valence-corrected chi connectivity index (χ0v) is 13.3. The number of nitrogens with zero attached hydrogens (tertiary/aromatic N) is 3. The molecule has 0 aromatic carbocycles. The van der Waals surface area contributed by atoms with Gasteiger partial charge in [-0.15, -0.1) is 11.3 Å². The maximum absolute atomic E-state index is 4.43. The number of hydrogen-bond acceptors (Lipinski definition) is 6. The van der Waals surface area contributed by atoms with Crippen molar-refractivity contribution in [2.24, 2.45) is 0 Å². The molecule has 0 aliphatic rings. The molecule has 7 heteroatoms. The minimum Gasteiger partial charge on any atom is -0.363 e. The van der Waals surface area contributed by atoms with Crippen molar-refractivity contribution in [2.75, 3.05) is 17.2 Å². The molecule has 0 saturated heterocycles. The molecule has 0 fully saturated rings. The lowest BCUT2D eigenvalue weighted by atomic mass is 10.4. The van der Waals surface area contributed by atoms with E-state index in [0.29, 0.717) is 12.5 Å².